The second kappa shape index (κ2) is 13.1. The predicted octanol–water partition coefficient (Wildman–Crippen LogP) is 2.92. The Labute approximate surface area is 239 Å². The molecule has 1 aromatic carbocycles. The molecule has 0 unspecified atom stereocenters. The number of nitrogens with two attached hydrogens (primary N) is 1. The first-order valence-corrected chi connectivity index (χ1v) is 13.4. The topological polar surface area (TPSA) is 156 Å². The number of amides is 1. The second-order valence-corrected chi connectivity index (χ2v) is 9.97. The van der Waals surface area contributed by atoms with E-state index in [2.05, 4.69) is 26.4 Å². The van der Waals surface area contributed by atoms with E-state index in [0.717, 1.165) is 48.2 Å². The zero-order chi connectivity index (χ0) is 30.4. The normalized spacial score (nSPS) is 17.0. The molecule has 4 N–H and O–H groups in total. The third-order valence-electron chi connectivity index (χ3n) is 6.82. The number of aromatic nitrogens is 3. The van der Waals surface area contributed by atoms with Crippen LogP contribution in [0.3, 0.4) is 0 Å². The molecular formula is C27H32F3N7O5. The minimum Gasteiger partial charge on any atom is -0.475 e. The van der Waals surface area contributed by atoms with E-state index < -0.39 is 18.1 Å². The van der Waals surface area contributed by atoms with Gasteiger partial charge >= 0.3 is 18.1 Å². The van der Waals surface area contributed by atoms with Crippen LogP contribution in [0.2, 0.25) is 0 Å². The molecule has 5 rings (SSSR count). The first kappa shape index (κ1) is 30.6. The molecule has 1 amide bonds. The van der Waals surface area contributed by atoms with Crippen LogP contribution in [0.5, 0.6) is 0 Å². The van der Waals surface area contributed by atoms with Crippen molar-refractivity contribution in [1.82, 2.24) is 14.8 Å². The number of alkyl halides is 3. The van der Waals surface area contributed by atoms with Gasteiger partial charge < -0.3 is 30.7 Å². The molecule has 2 aliphatic heterocycles. The quantitative estimate of drug-likeness (QED) is 0.364. The van der Waals surface area contributed by atoms with Gasteiger partial charge in [0.25, 0.3) is 5.91 Å². The van der Waals surface area contributed by atoms with E-state index in [9.17, 15) is 22.8 Å². The zero-order valence-corrected chi connectivity index (χ0v) is 22.9. The lowest BCUT2D eigenvalue weighted by Gasteiger charge is -2.30. The molecule has 0 spiro atoms. The Morgan fingerprint density at radius 2 is 1.83 bits per heavy atom. The Morgan fingerprint density at radius 1 is 1.12 bits per heavy atom. The van der Waals surface area contributed by atoms with Crippen LogP contribution >= 0.6 is 0 Å². The fraction of sp³-hybridized carbons (Fsp3) is 0.444. The molecule has 2 fully saturated rings. The van der Waals surface area contributed by atoms with Gasteiger partial charge in [-0.15, -0.1) is 0 Å². The molecule has 226 valence electrons. The average Bonchev–Trinajstić information content (AvgIpc) is 3.58. The maximum Gasteiger partial charge on any atom is 0.490 e. The van der Waals surface area contributed by atoms with Crippen LogP contribution in [0.4, 0.5) is 30.4 Å². The van der Waals surface area contributed by atoms with Crippen LogP contribution in [-0.2, 0) is 21.4 Å². The molecule has 42 heavy (non-hydrogen) atoms. The highest BCUT2D eigenvalue weighted by atomic mass is 19.4. The van der Waals surface area contributed by atoms with Crippen molar-refractivity contribution in [3.05, 3.63) is 42.2 Å². The number of anilines is 3. The van der Waals surface area contributed by atoms with Gasteiger partial charge in [-0.05, 0) is 43.5 Å². The van der Waals surface area contributed by atoms with Gasteiger partial charge in [-0.3, -0.25) is 14.3 Å². The van der Waals surface area contributed by atoms with Gasteiger partial charge in [-0.2, -0.15) is 18.3 Å². The lowest BCUT2D eigenvalue weighted by atomic mass is 10.1. The van der Waals surface area contributed by atoms with Gasteiger partial charge in [-0.25, -0.2) is 9.78 Å². The number of rotatable bonds is 6. The van der Waals surface area contributed by atoms with Crippen molar-refractivity contribution in [2.75, 3.05) is 47.8 Å². The van der Waals surface area contributed by atoms with Crippen molar-refractivity contribution in [1.29, 1.82) is 0 Å². The fourth-order valence-corrected chi connectivity index (χ4v) is 4.86. The summed E-state index contributed by atoms with van der Waals surface area (Å²) in [7, 11) is 1.90. The third-order valence-corrected chi connectivity index (χ3v) is 6.82. The Morgan fingerprint density at radius 3 is 2.50 bits per heavy atom. The molecule has 15 heteroatoms. The minimum atomic E-state index is -5.08. The molecule has 4 heterocycles. The number of halogens is 3. The SMILES string of the molecule is Cn1cc2cc(NC(=O)c3cccc(N4CC[C@@H](OC(=O)CN)C4)n3)c(N3CCCCC3)cc2n1.O=C(O)C(F)(F)F. The highest BCUT2D eigenvalue weighted by Gasteiger charge is 2.38. The van der Waals surface area contributed by atoms with Gasteiger partial charge in [0.2, 0.25) is 0 Å². The summed E-state index contributed by atoms with van der Waals surface area (Å²) < 4.78 is 38.9. The number of carboxylic acid groups (broad SMARTS) is 1. The van der Waals surface area contributed by atoms with Crippen molar-refractivity contribution in [3.63, 3.8) is 0 Å². The van der Waals surface area contributed by atoms with Crippen molar-refractivity contribution in [2.24, 2.45) is 12.8 Å². The first-order valence-electron chi connectivity index (χ1n) is 13.4. The molecule has 0 aliphatic carbocycles. The number of carbonyl (C=O) groups is 3. The highest BCUT2D eigenvalue weighted by molar-refractivity contribution is 6.06. The lowest BCUT2D eigenvalue weighted by molar-refractivity contribution is -0.192. The Kier molecular flexibility index (Phi) is 9.50. The van der Waals surface area contributed by atoms with Crippen molar-refractivity contribution >= 4 is 45.9 Å². The number of benzene rings is 1. The third kappa shape index (κ3) is 7.66. The summed E-state index contributed by atoms with van der Waals surface area (Å²) in [4.78, 5) is 42.7. The molecular weight excluding hydrogens is 559 g/mol. The average molecular weight is 592 g/mol. The maximum absolute atomic E-state index is 13.3. The number of ether oxygens (including phenoxy) is 1. The maximum atomic E-state index is 13.3. The number of nitrogens with zero attached hydrogens (tertiary/aromatic N) is 5. The molecule has 0 radical (unpaired) electrons. The number of carbonyl (C=O) groups excluding carboxylic acids is 2. The monoisotopic (exact) mass is 591 g/mol. The molecule has 0 saturated carbocycles. The highest BCUT2D eigenvalue weighted by Crippen LogP contribution is 2.33. The fourth-order valence-electron chi connectivity index (χ4n) is 4.86. The van der Waals surface area contributed by atoms with Crippen LogP contribution in [0.1, 0.15) is 36.2 Å². The number of aliphatic carboxylic acids is 1. The summed E-state index contributed by atoms with van der Waals surface area (Å²) in [5, 5.41) is 15.8. The van der Waals surface area contributed by atoms with Crippen molar-refractivity contribution in [2.45, 2.75) is 38.0 Å². The molecule has 0 bridgehead atoms. The number of fused-ring (bicyclic) bond motifs is 1. The standard InChI is InChI=1S/C25H31N7O3.C2HF3O2/c1-30-15-17-12-21(22(13-20(17)29-30)31-9-3-2-4-10-31)28-25(34)19-6-5-7-23(27-19)32-11-8-18(16-32)35-24(33)14-26;3-2(4,5)1(6)7/h5-7,12-13,15,18H,2-4,8-11,14,16,26H2,1H3,(H,28,34);(H,6,7)/t18-;/m1./s1. The summed E-state index contributed by atoms with van der Waals surface area (Å²) in [6.45, 7) is 3.01. The summed E-state index contributed by atoms with van der Waals surface area (Å²) in [6.07, 6.45) is 0.843. The molecule has 2 saturated heterocycles. The summed E-state index contributed by atoms with van der Waals surface area (Å²) in [5.74, 6) is -2.75. The van der Waals surface area contributed by atoms with E-state index in [1.54, 1.807) is 10.7 Å². The number of hydrogen-bond donors (Lipinski definition) is 3. The molecule has 2 aromatic heterocycles. The number of piperidine rings is 1. The van der Waals surface area contributed by atoms with E-state index in [4.69, 9.17) is 20.4 Å². The largest absolute Gasteiger partial charge is 0.490 e. The number of nitrogens with one attached hydrogen (secondary N) is 1. The smallest absolute Gasteiger partial charge is 0.475 e. The van der Waals surface area contributed by atoms with Crippen LogP contribution in [0, 0.1) is 0 Å². The summed E-state index contributed by atoms with van der Waals surface area (Å²) in [6, 6.07) is 9.46. The van der Waals surface area contributed by atoms with Crippen LogP contribution in [0.25, 0.3) is 10.9 Å². The Hall–Kier alpha value is -4.40. The lowest BCUT2D eigenvalue weighted by Crippen LogP contribution is -2.30. The van der Waals surface area contributed by atoms with E-state index in [1.165, 1.54) is 6.42 Å². The van der Waals surface area contributed by atoms with Gasteiger partial charge in [0, 0.05) is 44.7 Å². The summed E-state index contributed by atoms with van der Waals surface area (Å²) >= 11 is 0. The Bertz CT molecular complexity index is 1440. The van der Waals surface area contributed by atoms with E-state index >= 15 is 0 Å². The van der Waals surface area contributed by atoms with Gasteiger partial charge in [0.05, 0.1) is 30.0 Å². The predicted molar refractivity (Wildman–Crippen MR) is 148 cm³/mol. The van der Waals surface area contributed by atoms with Gasteiger partial charge in [0.15, 0.2) is 0 Å². The zero-order valence-electron chi connectivity index (χ0n) is 22.9. The van der Waals surface area contributed by atoms with Crippen LogP contribution in [-0.4, -0.2) is 82.7 Å². The minimum absolute atomic E-state index is 0.130. The molecule has 2 aliphatic rings. The van der Waals surface area contributed by atoms with Crippen LogP contribution < -0.4 is 20.9 Å². The second-order valence-electron chi connectivity index (χ2n) is 9.97. The first-order chi connectivity index (χ1) is 19.9. The number of carboxylic acids is 1. The van der Waals surface area contributed by atoms with Crippen LogP contribution in [0.15, 0.2) is 36.5 Å². The van der Waals surface area contributed by atoms with E-state index in [1.807, 2.05) is 36.3 Å². The van der Waals surface area contributed by atoms with E-state index in [-0.39, 0.29) is 18.6 Å². The molecule has 12 nitrogen and oxygen atoms in total. The van der Waals surface area contributed by atoms with Gasteiger partial charge in [-0.1, -0.05) is 6.07 Å². The number of hydrogen-bond acceptors (Lipinski definition) is 9. The number of aryl methyl sites for hydroxylation is 1. The molecule has 1 atom stereocenters. The van der Waals surface area contributed by atoms with Crippen molar-refractivity contribution < 1.29 is 37.4 Å². The number of esters is 1. The molecule has 3 aromatic rings. The number of pyridine rings is 1. The van der Waals surface area contributed by atoms with E-state index in [0.29, 0.717) is 31.0 Å². The Balaban J connectivity index is 0.000000517. The summed E-state index contributed by atoms with van der Waals surface area (Å²) in [5.41, 5.74) is 8.35. The van der Waals surface area contributed by atoms with Crippen molar-refractivity contribution in [3.8, 4) is 0 Å². The van der Waals surface area contributed by atoms with Gasteiger partial charge in [0.1, 0.15) is 17.6 Å².